The first-order valence-electron chi connectivity index (χ1n) is 14.3. The van der Waals surface area contributed by atoms with Crippen molar-refractivity contribution in [3.63, 3.8) is 0 Å². The number of amides is 1. The Kier molecular flexibility index (Phi) is 7.16. The summed E-state index contributed by atoms with van der Waals surface area (Å²) in [6, 6.07) is 11.3. The molecule has 0 saturated heterocycles. The Morgan fingerprint density at radius 3 is 2.80 bits per heavy atom. The molecule has 1 amide bonds. The normalized spacial score (nSPS) is 32.5. The number of carbonyl (C=O) groups excluding carboxylic acids is 1. The SMILES string of the molecule is C[C@@]12CC[C@H]1CN1C[C@@]3(CCCc4cc(Cl)ccc43)COc3ccc(cc31)C(=O)NS(=O)(=O)CC/C=C/C[C@@H]2O. The van der Waals surface area contributed by atoms with E-state index in [1.54, 1.807) is 24.3 Å². The molecule has 0 aromatic heterocycles. The van der Waals surface area contributed by atoms with Crippen LogP contribution in [0.25, 0.3) is 0 Å². The summed E-state index contributed by atoms with van der Waals surface area (Å²) in [5, 5.41) is 12.0. The van der Waals surface area contributed by atoms with Gasteiger partial charge in [-0.05, 0) is 97.7 Å². The number of aryl methyl sites for hydroxylation is 1. The van der Waals surface area contributed by atoms with Crippen LogP contribution in [0.15, 0.2) is 48.6 Å². The van der Waals surface area contributed by atoms with Crippen LogP contribution in [0.4, 0.5) is 5.69 Å². The van der Waals surface area contributed by atoms with Crippen LogP contribution in [0.3, 0.4) is 0 Å². The summed E-state index contributed by atoms with van der Waals surface area (Å²) in [5.74, 6) is 0.109. The van der Waals surface area contributed by atoms with Gasteiger partial charge in [0.05, 0.1) is 24.2 Å². The zero-order valence-corrected chi connectivity index (χ0v) is 24.4. The number of ether oxygens (including phenoxy) is 1. The molecule has 7 nitrogen and oxygen atoms in total. The van der Waals surface area contributed by atoms with Gasteiger partial charge in [0.2, 0.25) is 10.0 Å². The summed E-state index contributed by atoms with van der Waals surface area (Å²) in [6.45, 7) is 4.07. The highest BCUT2D eigenvalue weighted by Crippen LogP contribution is 2.52. The number of hydrogen-bond acceptors (Lipinski definition) is 6. The molecular weight excluding hydrogens is 548 g/mol. The van der Waals surface area contributed by atoms with Crippen LogP contribution in [-0.4, -0.2) is 51.0 Å². The Labute approximate surface area is 241 Å². The minimum absolute atomic E-state index is 0.197. The van der Waals surface area contributed by atoms with Crippen LogP contribution in [0, 0.1) is 11.3 Å². The van der Waals surface area contributed by atoms with Crippen molar-refractivity contribution < 1.29 is 23.1 Å². The Morgan fingerprint density at radius 2 is 2.00 bits per heavy atom. The van der Waals surface area contributed by atoms with Gasteiger partial charge in [-0.1, -0.05) is 36.7 Å². The number of nitrogens with one attached hydrogen (secondary N) is 1. The predicted molar refractivity (Wildman–Crippen MR) is 157 cm³/mol. The van der Waals surface area contributed by atoms with Gasteiger partial charge in [0, 0.05) is 29.1 Å². The molecular formula is C31H37ClN2O5S. The molecule has 2 aromatic rings. The number of nitrogens with zero attached hydrogens (tertiary/aromatic N) is 1. The molecule has 2 bridgehead atoms. The quantitative estimate of drug-likeness (QED) is 0.423. The highest BCUT2D eigenvalue weighted by molar-refractivity contribution is 7.90. The number of benzene rings is 2. The fourth-order valence-corrected chi connectivity index (χ4v) is 8.29. The third-order valence-electron chi connectivity index (χ3n) is 9.79. The number of carbonyl (C=O) groups is 1. The second kappa shape index (κ2) is 10.4. The van der Waals surface area contributed by atoms with E-state index in [0.29, 0.717) is 31.9 Å². The fraction of sp³-hybridized carbons (Fsp3) is 0.516. The van der Waals surface area contributed by atoms with Crippen molar-refractivity contribution in [2.75, 3.05) is 30.3 Å². The van der Waals surface area contributed by atoms with Gasteiger partial charge in [0.25, 0.3) is 5.91 Å². The molecule has 2 aliphatic carbocycles. The second-order valence-electron chi connectivity index (χ2n) is 12.3. The lowest BCUT2D eigenvalue weighted by Crippen LogP contribution is -2.53. The summed E-state index contributed by atoms with van der Waals surface area (Å²) < 4.78 is 34.0. The first kappa shape index (κ1) is 27.6. The highest BCUT2D eigenvalue weighted by atomic mass is 35.5. The van der Waals surface area contributed by atoms with E-state index < -0.39 is 22.0 Å². The molecule has 0 unspecified atom stereocenters. The Balaban J connectivity index is 1.43. The maximum atomic E-state index is 13.1. The van der Waals surface area contributed by atoms with E-state index in [2.05, 4.69) is 28.7 Å². The number of sulfonamides is 1. The number of aliphatic hydroxyl groups excluding tert-OH is 1. The van der Waals surface area contributed by atoms with E-state index in [1.165, 1.54) is 11.1 Å². The summed E-state index contributed by atoms with van der Waals surface area (Å²) in [5.41, 5.74) is 3.07. The molecule has 40 heavy (non-hydrogen) atoms. The lowest BCUT2D eigenvalue weighted by Gasteiger charge is -2.52. The molecule has 2 aromatic carbocycles. The Bertz CT molecular complexity index is 1460. The van der Waals surface area contributed by atoms with Crippen molar-refractivity contribution >= 4 is 33.2 Å². The summed E-state index contributed by atoms with van der Waals surface area (Å²) >= 11 is 6.38. The average molecular weight is 585 g/mol. The minimum Gasteiger partial charge on any atom is -0.490 e. The molecule has 2 heterocycles. The molecule has 1 saturated carbocycles. The van der Waals surface area contributed by atoms with Crippen molar-refractivity contribution in [3.8, 4) is 5.75 Å². The number of rotatable bonds is 0. The standard InChI is InChI=1S/C31H37ClN2O5S/c1-30-14-12-23(30)18-34-19-31(13-5-6-21-16-24(32)9-10-25(21)31)20-39-27-11-8-22(17-26(27)34)29(36)33-40(37,38)15-4-2-3-7-28(30)35/h2-3,8-11,16-17,23,28,35H,4-7,12-15,18-20H2,1H3,(H,33,36)/b3-2+/t23-,28-,30+,31-/m0/s1. The van der Waals surface area contributed by atoms with E-state index in [9.17, 15) is 18.3 Å². The summed E-state index contributed by atoms with van der Waals surface area (Å²) in [7, 11) is -3.81. The van der Waals surface area contributed by atoms with Crippen LogP contribution in [0.5, 0.6) is 5.75 Å². The predicted octanol–water partition coefficient (Wildman–Crippen LogP) is 5.00. The van der Waals surface area contributed by atoms with Gasteiger partial charge in [-0.2, -0.15) is 0 Å². The third-order valence-corrected chi connectivity index (χ3v) is 11.3. The van der Waals surface area contributed by atoms with Crippen molar-refractivity contribution in [2.24, 2.45) is 11.3 Å². The second-order valence-corrected chi connectivity index (χ2v) is 14.6. The van der Waals surface area contributed by atoms with Gasteiger partial charge in [-0.15, -0.1) is 0 Å². The summed E-state index contributed by atoms with van der Waals surface area (Å²) in [6.07, 6.45) is 8.80. The van der Waals surface area contributed by atoms with Crippen molar-refractivity contribution in [2.45, 2.75) is 63.4 Å². The van der Waals surface area contributed by atoms with E-state index >= 15 is 0 Å². The van der Waals surface area contributed by atoms with Crippen LogP contribution in [0.2, 0.25) is 5.02 Å². The summed E-state index contributed by atoms with van der Waals surface area (Å²) in [4.78, 5) is 15.4. The van der Waals surface area contributed by atoms with Crippen molar-refractivity contribution in [1.29, 1.82) is 0 Å². The minimum atomic E-state index is -3.81. The Hall–Kier alpha value is -2.55. The molecule has 2 N–H and O–H groups in total. The van der Waals surface area contributed by atoms with Crippen molar-refractivity contribution in [3.05, 3.63) is 70.3 Å². The van der Waals surface area contributed by atoms with Gasteiger partial charge < -0.3 is 14.7 Å². The van der Waals surface area contributed by atoms with Gasteiger partial charge >= 0.3 is 0 Å². The molecule has 214 valence electrons. The van der Waals surface area contributed by atoms with Crippen LogP contribution in [-0.2, 0) is 21.9 Å². The largest absolute Gasteiger partial charge is 0.490 e. The van der Waals surface area contributed by atoms with E-state index in [0.717, 1.165) is 42.8 Å². The maximum absolute atomic E-state index is 13.1. The van der Waals surface area contributed by atoms with Crippen molar-refractivity contribution in [1.82, 2.24) is 4.72 Å². The van der Waals surface area contributed by atoms with Crippen LogP contribution in [0.1, 0.15) is 66.9 Å². The Morgan fingerprint density at radius 1 is 1.15 bits per heavy atom. The first-order valence-corrected chi connectivity index (χ1v) is 16.3. The van der Waals surface area contributed by atoms with Gasteiger partial charge in [-0.3, -0.25) is 4.79 Å². The topological polar surface area (TPSA) is 95.9 Å². The van der Waals surface area contributed by atoms with E-state index in [4.69, 9.17) is 16.3 Å². The molecule has 1 spiro atoms. The fourth-order valence-electron chi connectivity index (χ4n) is 7.15. The highest BCUT2D eigenvalue weighted by Gasteiger charge is 2.49. The zero-order chi connectivity index (χ0) is 28.1. The molecule has 2 aliphatic heterocycles. The van der Waals surface area contributed by atoms with Gasteiger partial charge in [0.1, 0.15) is 5.75 Å². The number of halogens is 1. The molecule has 6 rings (SSSR count). The van der Waals surface area contributed by atoms with E-state index in [-0.39, 0.29) is 34.5 Å². The molecule has 0 radical (unpaired) electrons. The molecule has 1 fully saturated rings. The molecule has 4 atom stereocenters. The third kappa shape index (κ3) is 5.03. The lowest BCUT2D eigenvalue weighted by molar-refractivity contribution is -0.0695. The first-order chi connectivity index (χ1) is 19.1. The average Bonchev–Trinajstić information content (AvgIpc) is 3.06. The van der Waals surface area contributed by atoms with Gasteiger partial charge in [-0.25, -0.2) is 13.1 Å². The number of aliphatic hydroxyl groups is 1. The number of anilines is 1. The maximum Gasteiger partial charge on any atom is 0.264 e. The van der Waals surface area contributed by atoms with Crippen LogP contribution < -0.4 is 14.4 Å². The van der Waals surface area contributed by atoms with E-state index in [1.807, 2.05) is 12.1 Å². The lowest BCUT2D eigenvalue weighted by atomic mass is 9.57. The van der Waals surface area contributed by atoms with Crippen LogP contribution >= 0.6 is 11.6 Å². The monoisotopic (exact) mass is 584 g/mol. The zero-order valence-electron chi connectivity index (χ0n) is 22.9. The smallest absolute Gasteiger partial charge is 0.264 e. The number of allylic oxidation sites excluding steroid dienone is 1. The molecule has 4 aliphatic rings. The number of hydrogen-bond donors (Lipinski definition) is 2. The van der Waals surface area contributed by atoms with Gasteiger partial charge in [0.15, 0.2) is 0 Å². The molecule has 9 heteroatoms. The number of fused-ring (bicyclic) bond motifs is 4.